The molecule has 0 saturated heterocycles. The monoisotopic (exact) mass is 1260 g/mol. The molecule has 70 valence electrons. The van der Waals surface area contributed by atoms with Gasteiger partial charge < -0.3 is 4.28 Å². The zero-order valence-electron chi connectivity index (χ0n) is 10.9. The van der Waals surface area contributed by atoms with Gasteiger partial charge in [0.25, 0.3) is 0 Å². The van der Waals surface area contributed by atoms with E-state index < -0.39 is 0 Å². The molecule has 0 atom stereocenters. The first kappa shape index (κ1) is 104. The van der Waals surface area contributed by atoms with Gasteiger partial charge in [0, 0.05) is 194 Å². The molecule has 0 aliphatic rings. The summed E-state index contributed by atoms with van der Waals surface area (Å²) in [5, 5.41) is 0. The van der Waals surface area contributed by atoms with Crippen molar-refractivity contribution in [3.8, 4) is 0 Å². The van der Waals surface area contributed by atoms with Crippen LogP contribution in [-0.2, 0) is 112 Å². The van der Waals surface area contributed by atoms with E-state index in [0.29, 0.717) is 0 Å². The molecule has 0 aromatic carbocycles. The molecule has 13 heavy (non-hydrogen) atoms. The van der Waals surface area contributed by atoms with Gasteiger partial charge in [-0.1, -0.05) is 0 Å². The van der Waals surface area contributed by atoms with Crippen molar-refractivity contribution in [2.75, 3.05) is 0 Å². The zero-order chi connectivity index (χ0) is 0. The van der Waals surface area contributed by atoms with E-state index in [1.165, 1.54) is 0 Å². The Morgan fingerprint density at radius 3 is 1.08 bits per heavy atom. The van der Waals surface area contributed by atoms with E-state index in [9.17, 15) is 0 Å². The molecule has 0 N–H and O–H groups in total. The van der Waals surface area contributed by atoms with Crippen LogP contribution in [0.25, 0.3) is 0 Å². The quantitative estimate of drug-likeness (QED) is 0.212. The molecule has 0 rings (SSSR count). The second-order valence-electron chi connectivity index (χ2n) is 0. The van der Waals surface area contributed by atoms with Crippen LogP contribution in [0.15, 0.2) is 0 Å². The summed E-state index contributed by atoms with van der Waals surface area (Å²) >= 11 is 0. The Kier molecular flexibility index (Phi) is 726. The first-order valence-electron chi connectivity index (χ1n) is 0. The summed E-state index contributed by atoms with van der Waals surface area (Å²) in [5.41, 5.74) is 0. The van der Waals surface area contributed by atoms with Crippen LogP contribution in [0.4, 0.5) is 0 Å². The van der Waals surface area contributed by atoms with E-state index >= 15 is 0 Å². The fourth-order valence-corrected chi connectivity index (χ4v) is 0. The van der Waals surface area contributed by atoms with Gasteiger partial charge >= 0.3 is 153 Å². The van der Waals surface area contributed by atoms with Gasteiger partial charge in [-0.3, -0.25) is 0 Å². The van der Waals surface area contributed by atoms with Gasteiger partial charge in [-0.25, -0.2) is 0 Å². The van der Waals surface area contributed by atoms with Gasteiger partial charge in [0.05, 0.1) is 0 Å². The van der Waals surface area contributed by atoms with E-state index in [1.54, 1.807) is 0 Å². The van der Waals surface area contributed by atoms with Crippen LogP contribution in [0.2, 0.25) is 0 Å². The molecule has 0 fully saturated rings. The molecular formula is H8BiCdCeCoCrFeKLiMnNaNiPbTh. The molecule has 0 aliphatic heterocycles. The van der Waals surface area contributed by atoms with Crippen molar-refractivity contribution in [2.45, 2.75) is 0 Å². The summed E-state index contributed by atoms with van der Waals surface area (Å²) in [6.45, 7) is 0. The first-order valence-corrected chi connectivity index (χ1v) is 0. The molecule has 0 unspecified atom stereocenters. The van der Waals surface area contributed by atoms with Gasteiger partial charge in [-0.2, -0.15) is 0 Å². The van der Waals surface area contributed by atoms with Crippen LogP contribution in [0.1, 0.15) is 4.28 Å². The zero-order valence-corrected chi connectivity index (χ0v) is 40.9. The average Bonchev–Trinajstić information content (AvgIpc) is 0. The van der Waals surface area contributed by atoms with E-state index in [2.05, 4.69) is 0 Å². The van der Waals surface area contributed by atoms with Gasteiger partial charge in [0.15, 0.2) is 0 Å². The van der Waals surface area contributed by atoms with Gasteiger partial charge in [-0.15, -0.1) is 0 Å². The Balaban J connectivity index is 0. The van der Waals surface area contributed by atoms with E-state index in [4.69, 9.17) is 0 Å². The molecule has 0 heterocycles. The maximum atomic E-state index is 0. The number of rotatable bonds is 0. The third-order valence-electron chi connectivity index (χ3n) is 0. The van der Waals surface area contributed by atoms with Crippen LogP contribution in [0, 0.1) is 81.7 Å². The number of hydrogen-bond donors (Lipinski definition) is 0. The minimum Gasteiger partial charge on any atom is 0 e. The Hall–Kier alpha value is 11.2. The maximum absolute atomic E-state index is 0. The average molecular weight is 1260 g/mol. The molecular weight excluding hydrogens is 1250 g/mol. The summed E-state index contributed by atoms with van der Waals surface area (Å²) in [6.07, 6.45) is 0. The normalized spacial score (nSPS) is 0. The van der Waals surface area contributed by atoms with E-state index in [-0.39, 0.29) is 351 Å². The second-order valence-corrected chi connectivity index (χ2v) is 0. The summed E-state index contributed by atoms with van der Waals surface area (Å²) < 4.78 is 0. The van der Waals surface area contributed by atoms with Gasteiger partial charge in [-0.05, 0) is 0 Å². The fourth-order valence-electron chi connectivity index (χ4n) is 0. The smallest absolute Gasteiger partial charge is 0 e. The second kappa shape index (κ2) is 91.0. The van der Waals surface area contributed by atoms with Crippen molar-refractivity contribution < 1.29 is 298 Å². The van der Waals surface area contributed by atoms with Crippen molar-refractivity contribution >= 4 is 53.5 Å². The standard InChI is InChI=1S/Bi.Cd.Ce.Co.Cr.Fe.K.Li.Mn.Na.Ni.Pb.Th.8H/q;;;;;;2*+1;;+1;;;;;;;;;3*-1. The van der Waals surface area contributed by atoms with E-state index in [1.807, 2.05) is 0 Å². The van der Waals surface area contributed by atoms with Gasteiger partial charge in [0.2, 0.25) is 0 Å². The fraction of sp³-hybridized carbons (Fsp3) is 0. The Morgan fingerprint density at radius 2 is 1.08 bits per heavy atom. The Morgan fingerprint density at radius 1 is 1.08 bits per heavy atom. The van der Waals surface area contributed by atoms with E-state index in [0.717, 1.165) is 0 Å². The van der Waals surface area contributed by atoms with Crippen LogP contribution in [-0.4, -0.2) is 53.5 Å². The van der Waals surface area contributed by atoms with Crippen molar-refractivity contribution in [2.24, 2.45) is 0 Å². The largest absolute Gasteiger partial charge is 0 e. The molecule has 0 aromatic heterocycles. The summed E-state index contributed by atoms with van der Waals surface area (Å²) in [5.74, 6) is 0. The third kappa shape index (κ3) is 83.0. The molecule has 0 aliphatic carbocycles. The van der Waals surface area contributed by atoms with Crippen molar-refractivity contribution in [3.05, 3.63) is 0 Å². The summed E-state index contributed by atoms with van der Waals surface area (Å²) in [4.78, 5) is 0. The molecule has 0 amide bonds. The van der Waals surface area contributed by atoms with Crippen molar-refractivity contribution in [1.29, 1.82) is 0 Å². The summed E-state index contributed by atoms with van der Waals surface area (Å²) in [6, 6.07) is 0. The Labute approximate surface area is 340 Å². The SMILES string of the molecule is [BiH3].[Cd].[Ce].[Co].[Cr].[Fe].[H-].[H-].[H-].[K+].[Li+].[Mn].[Na+].[Ni].[PbH2].[Th]. The summed E-state index contributed by atoms with van der Waals surface area (Å²) in [7, 11) is 0. The molecule has 0 saturated carbocycles. The predicted molar refractivity (Wildman–Crippen MR) is 21.8 cm³/mol. The number of hydrogen-bond acceptors (Lipinski definition) is 0. The Bertz CT molecular complexity index is 59.2. The molecule has 0 bridgehead atoms. The first-order chi connectivity index (χ1) is 0. The van der Waals surface area contributed by atoms with Crippen LogP contribution < -0.4 is 99.8 Å². The van der Waals surface area contributed by atoms with Crippen molar-refractivity contribution in [1.82, 2.24) is 0 Å². The predicted octanol–water partition coefficient (Wildman–Crippen LogP) is -10.8. The minimum absolute atomic E-state index is 0. The van der Waals surface area contributed by atoms with Crippen LogP contribution in [0.3, 0.4) is 0 Å². The van der Waals surface area contributed by atoms with Crippen molar-refractivity contribution in [3.63, 3.8) is 0 Å². The molecule has 4 radical (unpaired) electrons. The molecule has 0 aromatic rings. The molecule has 0 nitrogen and oxygen atoms in total. The third-order valence-corrected chi connectivity index (χ3v) is 0. The molecule has 0 spiro atoms. The topological polar surface area (TPSA) is 0 Å². The van der Waals surface area contributed by atoms with Gasteiger partial charge in [0.1, 0.15) is 0 Å². The molecule has 13 heteroatoms. The van der Waals surface area contributed by atoms with Crippen LogP contribution in [0.5, 0.6) is 0 Å². The minimum atomic E-state index is 0. The van der Waals surface area contributed by atoms with Crippen LogP contribution >= 0.6 is 0 Å². The maximum Gasteiger partial charge on any atom is 0 e.